The predicted octanol–water partition coefficient (Wildman–Crippen LogP) is 4.09. The summed E-state index contributed by atoms with van der Waals surface area (Å²) in [6, 6.07) is 9.06. The van der Waals surface area contributed by atoms with Gasteiger partial charge in [-0.3, -0.25) is 4.79 Å². The van der Waals surface area contributed by atoms with Crippen molar-refractivity contribution in [2.24, 2.45) is 0 Å². The average molecular weight is 569 g/mol. The summed E-state index contributed by atoms with van der Waals surface area (Å²) in [5, 5.41) is 0.925. The number of carbonyl (C=O) groups excluding carboxylic acids is 1. The number of hydrogen-bond acceptors (Lipinski definition) is 5. The number of carbonyl (C=O) groups is 1. The zero-order chi connectivity index (χ0) is 27.9. The molecule has 1 N–H and O–H groups in total. The molecule has 0 unspecified atom stereocenters. The first kappa shape index (κ1) is 27.3. The van der Waals surface area contributed by atoms with Crippen LogP contribution in [0.25, 0.3) is 10.9 Å². The second-order valence-electron chi connectivity index (χ2n) is 9.72. The van der Waals surface area contributed by atoms with E-state index in [1.54, 1.807) is 11.0 Å². The van der Waals surface area contributed by atoms with E-state index in [4.69, 9.17) is 4.74 Å². The number of alkyl halides is 3. The molecule has 0 saturated carbocycles. The first-order valence-electron chi connectivity index (χ1n) is 12.5. The van der Waals surface area contributed by atoms with Crippen molar-refractivity contribution >= 4 is 32.5 Å². The Bertz CT molecular complexity index is 1470. The second kappa shape index (κ2) is 10.3. The minimum atomic E-state index is -4.94. The van der Waals surface area contributed by atoms with E-state index >= 15 is 0 Å². The molecule has 0 radical (unpaired) electrons. The highest BCUT2D eigenvalue weighted by molar-refractivity contribution is 7.89. The van der Waals surface area contributed by atoms with Crippen LogP contribution < -0.4 is 9.64 Å². The number of halogens is 4. The SMILES string of the molecule is COc1ccc(S(=O)(=O)N2CCC(c3c[nH]c4cc(F)ccc34)CC2)cc1N1CCN(C(=O)C(F)(F)F)CC1. The Kier molecular flexibility index (Phi) is 7.23. The predicted molar refractivity (Wildman–Crippen MR) is 137 cm³/mol. The molecule has 3 aromatic rings. The molecule has 210 valence electrons. The number of aromatic nitrogens is 1. The minimum absolute atomic E-state index is 0.0631. The largest absolute Gasteiger partial charge is 0.495 e. The molecular formula is C26H28F4N4O4S. The highest BCUT2D eigenvalue weighted by Crippen LogP contribution is 2.37. The van der Waals surface area contributed by atoms with Gasteiger partial charge in [-0.05, 0) is 60.7 Å². The maximum absolute atomic E-state index is 13.6. The van der Waals surface area contributed by atoms with Gasteiger partial charge in [-0.15, -0.1) is 0 Å². The third-order valence-electron chi connectivity index (χ3n) is 7.51. The highest BCUT2D eigenvalue weighted by atomic mass is 32.2. The molecule has 2 fully saturated rings. The highest BCUT2D eigenvalue weighted by Gasteiger charge is 2.43. The van der Waals surface area contributed by atoms with Gasteiger partial charge in [0, 0.05) is 56.4 Å². The lowest BCUT2D eigenvalue weighted by molar-refractivity contribution is -0.185. The number of sulfonamides is 1. The van der Waals surface area contributed by atoms with Gasteiger partial charge in [0.1, 0.15) is 11.6 Å². The molecule has 2 aromatic carbocycles. The zero-order valence-electron chi connectivity index (χ0n) is 21.2. The molecule has 0 spiro atoms. The summed E-state index contributed by atoms with van der Waals surface area (Å²) in [7, 11) is -2.42. The number of fused-ring (bicyclic) bond motifs is 1. The van der Waals surface area contributed by atoms with E-state index < -0.39 is 22.1 Å². The van der Waals surface area contributed by atoms with Crippen LogP contribution in [0.5, 0.6) is 5.75 Å². The van der Waals surface area contributed by atoms with Crippen LogP contribution in [-0.2, 0) is 14.8 Å². The molecule has 1 amide bonds. The van der Waals surface area contributed by atoms with Crippen LogP contribution in [0.1, 0.15) is 24.3 Å². The lowest BCUT2D eigenvalue weighted by atomic mass is 9.90. The molecule has 2 aliphatic rings. The van der Waals surface area contributed by atoms with Crippen molar-refractivity contribution in [2.75, 3.05) is 51.3 Å². The number of hydrogen-bond donors (Lipinski definition) is 1. The fraction of sp³-hybridized carbons (Fsp3) is 0.423. The van der Waals surface area contributed by atoms with E-state index in [1.807, 2.05) is 6.20 Å². The Morgan fingerprint density at radius 3 is 2.33 bits per heavy atom. The number of H-pyrrole nitrogens is 1. The van der Waals surface area contributed by atoms with Gasteiger partial charge >= 0.3 is 12.1 Å². The van der Waals surface area contributed by atoms with Gasteiger partial charge in [0.15, 0.2) is 0 Å². The normalized spacial score (nSPS) is 18.1. The molecule has 1 aromatic heterocycles. The fourth-order valence-corrected chi connectivity index (χ4v) is 6.91. The quantitative estimate of drug-likeness (QED) is 0.469. The van der Waals surface area contributed by atoms with E-state index in [9.17, 15) is 30.8 Å². The molecule has 3 heterocycles. The Morgan fingerprint density at radius 1 is 1.00 bits per heavy atom. The van der Waals surface area contributed by atoms with E-state index in [0.29, 0.717) is 42.9 Å². The third-order valence-corrected chi connectivity index (χ3v) is 9.40. The molecule has 13 heteroatoms. The minimum Gasteiger partial charge on any atom is -0.495 e. The number of anilines is 1. The van der Waals surface area contributed by atoms with E-state index in [1.165, 1.54) is 41.7 Å². The van der Waals surface area contributed by atoms with Gasteiger partial charge in [0.2, 0.25) is 10.0 Å². The Balaban J connectivity index is 1.30. The van der Waals surface area contributed by atoms with Gasteiger partial charge in [0.05, 0.1) is 17.7 Å². The molecule has 2 aliphatic heterocycles. The van der Waals surface area contributed by atoms with Gasteiger partial charge in [0.25, 0.3) is 0 Å². The smallest absolute Gasteiger partial charge is 0.471 e. The number of ether oxygens (including phenoxy) is 1. The Hall–Kier alpha value is -3.32. The summed E-state index contributed by atoms with van der Waals surface area (Å²) in [4.78, 5) is 17.2. The monoisotopic (exact) mass is 568 g/mol. The molecule has 0 aliphatic carbocycles. The molecule has 8 nitrogen and oxygen atoms in total. The van der Waals surface area contributed by atoms with Crippen LogP contribution in [0.4, 0.5) is 23.2 Å². The van der Waals surface area contributed by atoms with Crippen LogP contribution in [0.2, 0.25) is 0 Å². The zero-order valence-corrected chi connectivity index (χ0v) is 22.0. The van der Waals surface area contributed by atoms with E-state index in [2.05, 4.69) is 4.98 Å². The molecule has 0 bridgehead atoms. The van der Waals surface area contributed by atoms with Gasteiger partial charge in [-0.2, -0.15) is 17.5 Å². The number of nitrogens with zero attached hydrogens (tertiary/aromatic N) is 3. The molecule has 2 saturated heterocycles. The van der Waals surface area contributed by atoms with Crippen LogP contribution in [0, 0.1) is 5.82 Å². The summed E-state index contributed by atoms with van der Waals surface area (Å²) in [5.41, 5.74) is 2.19. The number of piperidine rings is 1. The average Bonchev–Trinajstić information content (AvgIpc) is 3.35. The molecule has 39 heavy (non-hydrogen) atoms. The summed E-state index contributed by atoms with van der Waals surface area (Å²) in [6.45, 7) is 0.517. The van der Waals surface area contributed by atoms with Crippen molar-refractivity contribution in [1.29, 1.82) is 0 Å². The Labute approximate surface area is 223 Å². The number of methoxy groups -OCH3 is 1. The Morgan fingerprint density at radius 2 is 1.69 bits per heavy atom. The fourth-order valence-electron chi connectivity index (χ4n) is 5.42. The van der Waals surface area contributed by atoms with Crippen molar-refractivity contribution < 1.29 is 35.5 Å². The van der Waals surface area contributed by atoms with Crippen molar-refractivity contribution in [2.45, 2.75) is 29.8 Å². The van der Waals surface area contributed by atoms with E-state index in [-0.39, 0.29) is 42.8 Å². The standard InChI is InChI=1S/C26H28F4N4O4S/c1-38-24-5-3-19(15-23(24)32-10-12-33(13-11-32)25(35)26(28,29)30)39(36,37)34-8-6-17(7-9-34)21-16-31-22-14-18(27)2-4-20(21)22/h2-5,14-17,31H,6-13H2,1H3. The van der Waals surface area contributed by atoms with Crippen molar-refractivity contribution in [3.05, 3.63) is 54.0 Å². The topological polar surface area (TPSA) is 85.9 Å². The maximum atomic E-state index is 13.6. The summed E-state index contributed by atoms with van der Waals surface area (Å²) < 4.78 is 85.9. The van der Waals surface area contributed by atoms with Crippen molar-refractivity contribution in [3.63, 3.8) is 0 Å². The van der Waals surface area contributed by atoms with Crippen LogP contribution in [-0.4, -0.2) is 81.1 Å². The molecule has 0 atom stereocenters. The number of benzene rings is 2. The maximum Gasteiger partial charge on any atom is 0.471 e. The van der Waals surface area contributed by atoms with Crippen LogP contribution in [0.15, 0.2) is 47.5 Å². The first-order valence-corrected chi connectivity index (χ1v) is 14.0. The summed E-state index contributed by atoms with van der Waals surface area (Å²) >= 11 is 0. The van der Waals surface area contributed by atoms with Crippen LogP contribution in [0.3, 0.4) is 0 Å². The summed E-state index contributed by atoms with van der Waals surface area (Å²) in [5.74, 6) is -1.70. The van der Waals surface area contributed by atoms with Crippen LogP contribution >= 0.6 is 0 Å². The molecular weight excluding hydrogens is 540 g/mol. The van der Waals surface area contributed by atoms with Gasteiger partial charge in [-0.1, -0.05) is 0 Å². The van der Waals surface area contributed by atoms with E-state index in [0.717, 1.165) is 15.8 Å². The third kappa shape index (κ3) is 5.29. The van der Waals surface area contributed by atoms with Crippen molar-refractivity contribution in [1.82, 2.24) is 14.2 Å². The number of aromatic amines is 1. The lowest BCUT2D eigenvalue weighted by Crippen LogP contribution is -2.52. The second-order valence-corrected chi connectivity index (χ2v) is 11.7. The summed E-state index contributed by atoms with van der Waals surface area (Å²) in [6.07, 6.45) is -1.88. The number of rotatable bonds is 5. The number of amides is 1. The number of nitrogens with one attached hydrogen (secondary N) is 1. The van der Waals surface area contributed by atoms with Crippen molar-refractivity contribution in [3.8, 4) is 5.75 Å². The number of piperazine rings is 1. The molecule has 5 rings (SSSR count). The first-order chi connectivity index (χ1) is 18.5. The van der Waals surface area contributed by atoms with Gasteiger partial charge in [-0.25, -0.2) is 12.8 Å². The lowest BCUT2D eigenvalue weighted by Gasteiger charge is -2.37. The van der Waals surface area contributed by atoms with Gasteiger partial charge < -0.3 is 19.5 Å².